The predicted octanol–water partition coefficient (Wildman–Crippen LogP) is 1.13. The number of nitrogens with one attached hydrogen (secondary N) is 2. The van der Waals surface area contributed by atoms with Gasteiger partial charge in [0.1, 0.15) is 0 Å². The SMILES string of the molecule is CC(C)CNC(=O)[C@H](C)NS(=O)(=O)c1ccccc1. The smallest absolute Gasteiger partial charge is 0.241 e. The molecule has 0 aliphatic rings. The van der Waals surface area contributed by atoms with Crippen molar-refractivity contribution in [3.8, 4) is 0 Å². The van der Waals surface area contributed by atoms with E-state index in [2.05, 4.69) is 10.0 Å². The molecule has 0 saturated heterocycles. The topological polar surface area (TPSA) is 75.3 Å². The molecule has 1 aromatic rings. The number of hydrogen-bond donors (Lipinski definition) is 2. The summed E-state index contributed by atoms with van der Waals surface area (Å²) in [5.41, 5.74) is 0. The fraction of sp³-hybridized carbons (Fsp3) is 0.462. The molecule has 0 heterocycles. The number of carbonyl (C=O) groups is 1. The number of carbonyl (C=O) groups excluding carboxylic acids is 1. The lowest BCUT2D eigenvalue weighted by Gasteiger charge is -2.15. The second-order valence-electron chi connectivity index (χ2n) is 4.80. The summed E-state index contributed by atoms with van der Waals surface area (Å²) in [7, 11) is -3.65. The van der Waals surface area contributed by atoms with Crippen molar-refractivity contribution in [3.05, 3.63) is 30.3 Å². The highest BCUT2D eigenvalue weighted by molar-refractivity contribution is 7.89. The monoisotopic (exact) mass is 284 g/mol. The molecule has 6 heteroatoms. The van der Waals surface area contributed by atoms with Crippen LogP contribution in [0.2, 0.25) is 0 Å². The zero-order valence-corrected chi connectivity index (χ0v) is 12.2. The number of amides is 1. The van der Waals surface area contributed by atoms with Crippen LogP contribution < -0.4 is 10.0 Å². The lowest BCUT2D eigenvalue weighted by Crippen LogP contribution is -2.45. The summed E-state index contributed by atoms with van der Waals surface area (Å²) in [6.07, 6.45) is 0. The van der Waals surface area contributed by atoms with Gasteiger partial charge in [0.25, 0.3) is 0 Å². The maximum Gasteiger partial charge on any atom is 0.241 e. The van der Waals surface area contributed by atoms with Crippen LogP contribution in [0.5, 0.6) is 0 Å². The van der Waals surface area contributed by atoms with E-state index in [0.717, 1.165) is 0 Å². The Morgan fingerprint density at radius 2 is 1.74 bits per heavy atom. The Kier molecular flexibility index (Phi) is 5.50. The van der Waals surface area contributed by atoms with Crippen LogP contribution in [0.25, 0.3) is 0 Å². The van der Waals surface area contributed by atoms with Crippen molar-refractivity contribution < 1.29 is 13.2 Å². The zero-order valence-electron chi connectivity index (χ0n) is 11.4. The van der Waals surface area contributed by atoms with Gasteiger partial charge in [-0.05, 0) is 25.0 Å². The third-order valence-corrected chi connectivity index (χ3v) is 4.02. The predicted molar refractivity (Wildman–Crippen MR) is 74.1 cm³/mol. The van der Waals surface area contributed by atoms with E-state index in [-0.39, 0.29) is 10.8 Å². The molecule has 1 aromatic carbocycles. The molecular formula is C13H20N2O3S. The fourth-order valence-corrected chi connectivity index (χ4v) is 2.64. The summed E-state index contributed by atoms with van der Waals surface area (Å²) in [5, 5.41) is 2.69. The van der Waals surface area contributed by atoms with Crippen LogP contribution in [0.3, 0.4) is 0 Å². The summed E-state index contributed by atoms with van der Waals surface area (Å²) in [5.74, 6) is -0.00455. The van der Waals surface area contributed by atoms with E-state index in [1.54, 1.807) is 18.2 Å². The molecule has 1 amide bonds. The van der Waals surface area contributed by atoms with E-state index in [0.29, 0.717) is 12.5 Å². The summed E-state index contributed by atoms with van der Waals surface area (Å²) < 4.78 is 26.3. The van der Waals surface area contributed by atoms with Crippen LogP contribution in [-0.4, -0.2) is 26.9 Å². The van der Waals surface area contributed by atoms with E-state index in [4.69, 9.17) is 0 Å². The van der Waals surface area contributed by atoms with Gasteiger partial charge < -0.3 is 5.32 Å². The Bertz CT molecular complexity index is 512. The minimum absolute atomic E-state index is 0.151. The van der Waals surface area contributed by atoms with Crippen molar-refractivity contribution in [3.63, 3.8) is 0 Å². The first-order valence-electron chi connectivity index (χ1n) is 6.18. The summed E-state index contributed by atoms with van der Waals surface area (Å²) in [6, 6.07) is 7.18. The molecule has 5 nitrogen and oxygen atoms in total. The molecule has 2 N–H and O–H groups in total. The van der Waals surface area contributed by atoms with Gasteiger partial charge in [-0.2, -0.15) is 4.72 Å². The first-order valence-corrected chi connectivity index (χ1v) is 7.66. The number of sulfonamides is 1. The maximum atomic E-state index is 12.0. The van der Waals surface area contributed by atoms with Gasteiger partial charge in [-0.1, -0.05) is 32.0 Å². The second kappa shape index (κ2) is 6.68. The molecule has 1 rings (SSSR count). The van der Waals surface area contributed by atoms with E-state index in [1.807, 2.05) is 13.8 Å². The van der Waals surface area contributed by atoms with Crippen LogP contribution in [0.1, 0.15) is 20.8 Å². The van der Waals surface area contributed by atoms with Crippen molar-refractivity contribution >= 4 is 15.9 Å². The quantitative estimate of drug-likeness (QED) is 0.822. The van der Waals surface area contributed by atoms with Gasteiger partial charge in [0.05, 0.1) is 10.9 Å². The normalized spacial score (nSPS) is 13.3. The first-order chi connectivity index (χ1) is 8.83. The summed E-state index contributed by atoms with van der Waals surface area (Å²) >= 11 is 0. The van der Waals surface area contributed by atoms with Crippen LogP contribution in [0, 0.1) is 5.92 Å². The van der Waals surface area contributed by atoms with E-state index < -0.39 is 16.1 Å². The molecule has 0 unspecified atom stereocenters. The summed E-state index contributed by atoms with van der Waals surface area (Å²) in [6.45, 7) is 5.99. The first kappa shape index (κ1) is 15.7. The maximum absolute atomic E-state index is 12.0. The van der Waals surface area contributed by atoms with Crippen LogP contribution in [0.4, 0.5) is 0 Å². The number of hydrogen-bond acceptors (Lipinski definition) is 3. The largest absolute Gasteiger partial charge is 0.354 e. The van der Waals surface area contributed by atoms with Crippen LogP contribution in [-0.2, 0) is 14.8 Å². The molecular weight excluding hydrogens is 264 g/mol. The molecule has 0 aromatic heterocycles. The lowest BCUT2D eigenvalue weighted by atomic mass is 10.2. The Morgan fingerprint density at radius 3 is 2.26 bits per heavy atom. The van der Waals surface area contributed by atoms with Gasteiger partial charge in [0.2, 0.25) is 15.9 Å². The molecule has 0 aliphatic carbocycles. The third-order valence-electron chi connectivity index (χ3n) is 2.46. The van der Waals surface area contributed by atoms with Gasteiger partial charge in [-0.3, -0.25) is 4.79 Å². The third kappa shape index (κ3) is 5.00. The van der Waals surface area contributed by atoms with Crippen LogP contribution in [0.15, 0.2) is 35.2 Å². The zero-order chi connectivity index (χ0) is 14.5. The molecule has 1 atom stereocenters. The molecule has 0 radical (unpaired) electrons. The minimum Gasteiger partial charge on any atom is -0.354 e. The highest BCUT2D eigenvalue weighted by Crippen LogP contribution is 2.07. The van der Waals surface area contributed by atoms with Gasteiger partial charge in [-0.25, -0.2) is 8.42 Å². The average Bonchev–Trinajstić information content (AvgIpc) is 2.36. The van der Waals surface area contributed by atoms with Crippen molar-refractivity contribution in [1.29, 1.82) is 0 Å². The van der Waals surface area contributed by atoms with Crippen molar-refractivity contribution in [1.82, 2.24) is 10.0 Å². The van der Waals surface area contributed by atoms with Gasteiger partial charge >= 0.3 is 0 Å². The number of benzene rings is 1. The standard InChI is InChI=1S/C13H20N2O3S/c1-10(2)9-14-13(16)11(3)15-19(17,18)12-7-5-4-6-8-12/h4-8,10-11,15H,9H2,1-3H3,(H,14,16)/t11-/m0/s1. The molecule has 0 spiro atoms. The molecule has 0 fully saturated rings. The highest BCUT2D eigenvalue weighted by Gasteiger charge is 2.21. The molecule has 0 aliphatic heterocycles. The lowest BCUT2D eigenvalue weighted by molar-refractivity contribution is -0.122. The molecule has 19 heavy (non-hydrogen) atoms. The van der Waals surface area contributed by atoms with Crippen molar-refractivity contribution in [2.24, 2.45) is 5.92 Å². The van der Waals surface area contributed by atoms with Gasteiger partial charge in [0.15, 0.2) is 0 Å². The Morgan fingerprint density at radius 1 is 1.16 bits per heavy atom. The van der Waals surface area contributed by atoms with Crippen molar-refractivity contribution in [2.75, 3.05) is 6.54 Å². The van der Waals surface area contributed by atoms with Gasteiger partial charge in [0, 0.05) is 6.54 Å². The van der Waals surface area contributed by atoms with Crippen LogP contribution >= 0.6 is 0 Å². The Balaban J connectivity index is 2.66. The molecule has 0 saturated carbocycles. The highest BCUT2D eigenvalue weighted by atomic mass is 32.2. The summed E-state index contributed by atoms with van der Waals surface area (Å²) in [4.78, 5) is 11.9. The van der Waals surface area contributed by atoms with Crippen molar-refractivity contribution in [2.45, 2.75) is 31.7 Å². The fourth-order valence-electron chi connectivity index (χ4n) is 1.41. The van der Waals surface area contributed by atoms with E-state index in [1.165, 1.54) is 19.1 Å². The Hall–Kier alpha value is -1.40. The minimum atomic E-state index is -3.65. The average molecular weight is 284 g/mol. The molecule has 0 bridgehead atoms. The number of rotatable bonds is 6. The Labute approximate surface area is 114 Å². The van der Waals surface area contributed by atoms with Gasteiger partial charge in [-0.15, -0.1) is 0 Å². The second-order valence-corrected chi connectivity index (χ2v) is 6.51. The van der Waals surface area contributed by atoms with E-state index in [9.17, 15) is 13.2 Å². The molecule has 106 valence electrons. The van der Waals surface area contributed by atoms with E-state index >= 15 is 0 Å².